The number of carbonyl (C=O) groups is 1. The van der Waals surface area contributed by atoms with Crippen LogP contribution in [-0.2, 0) is 4.79 Å². The van der Waals surface area contributed by atoms with E-state index in [0.29, 0.717) is 35.9 Å². The number of ketones is 1. The van der Waals surface area contributed by atoms with E-state index < -0.39 is 5.60 Å². The molecule has 7 atom stereocenters. The third kappa shape index (κ3) is 2.38. The summed E-state index contributed by atoms with van der Waals surface area (Å²) in [4.78, 5) is 12.0. The van der Waals surface area contributed by atoms with Crippen molar-refractivity contribution in [2.75, 3.05) is 0 Å². The second-order valence-corrected chi connectivity index (χ2v) is 9.73. The zero-order valence-corrected chi connectivity index (χ0v) is 16.7. The van der Waals surface area contributed by atoms with E-state index in [-0.39, 0.29) is 16.3 Å². The largest absolute Gasteiger partial charge is 0.412 e. The maximum absolute atomic E-state index is 12.0. The minimum absolute atomic E-state index is 0. The average molecular weight is 359 g/mol. The summed E-state index contributed by atoms with van der Waals surface area (Å²) >= 11 is 0. The molecule has 0 aromatic rings. The molecule has 3 N–H and O–H groups in total. The van der Waals surface area contributed by atoms with Crippen molar-refractivity contribution < 1.29 is 15.4 Å². The van der Waals surface area contributed by atoms with Crippen LogP contribution in [-0.4, -0.2) is 22.0 Å². The molecule has 3 fully saturated rings. The number of carbonyl (C=O) groups excluding carboxylic acids is 1. The Kier molecular flexibility index (Phi) is 4.69. The lowest BCUT2D eigenvalue weighted by Crippen LogP contribution is -2.55. The highest BCUT2D eigenvalue weighted by Gasteiger charge is 2.64. The van der Waals surface area contributed by atoms with Crippen LogP contribution in [0.15, 0.2) is 11.6 Å². The molecule has 0 bridgehead atoms. The molecule has 4 aliphatic carbocycles. The summed E-state index contributed by atoms with van der Waals surface area (Å²) in [6.45, 7) is 8.89. The summed E-state index contributed by atoms with van der Waals surface area (Å²) in [5.74, 6) is 8.90. The number of allylic oxidation sites excluding steroid dienone is 1. The molecule has 0 aliphatic heterocycles. The molecular weight excluding hydrogens is 324 g/mol. The second-order valence-electron chi connectivity index (χ2n) is 9.73. The van der Waals surface area contributed by atoms with Crippen LogP contribution in [0.1, 0.15) is 72.6 Å². The Morgan fingerprint density at radius 3 is 2.54 bits per heavy atom. The van der Waals surface area contributed by atoms with E-state index in [9.17, 15) is 9.90 Å². The van der Waals surface area contributed by atoms with Crippen LogP contribution in [0, 0.1) is 46.3 Å². The van der Waals surface area contributed by atoms with Crippen molar-refractivity contribution in [2.45, 2.75) is 78.2 Å². The van der Waals surface area contributed by atoms with Crippen molar-refractivity contribution in [1.29, 1.82) is 0 Å². The molecule has 4 rings (SSSR count). The lowest BCUT2D eigenvalue weighted by Gasteiger charge is -2.60. The van der Waals surface area contributed by atoms with Gasteiger partial charge < -0.3 is 10.6 Å². The van der Waals surface area contributed by atoms with Crippen molar-refractivity contribution in [3.8, 4) is 11.8 Å². The summed E-state index contributed by atoms with van der Waals surface area (Å²) in [7, 11) is 0. The van der Waals surface area contributed by atoms with Crippen molar-refractivity contribution in [3.63, 3.8) is 0 Å². The number of aliphatic hydroxyl groups is 1. The van der Waals surface area contributed by atoms with Gasteiger partial charge in [0.05, 0.1) is 0 Å². The first-order valence-corrected chi connectivity index (χ1v) is 10.2. The van der Waals surface area contributed by atoms with E-state index in [1.54, 1.807) is 0 Å². The van der Waals surface area contributed by atoms with Crippen LogP contribution in [0.4, 0.5) is 0 Å². The van der Waals surface area contributed by atoms with Gasteiger partial charge in [0.1, 0.15) is 5.60 Å². The van der Waals surface area contributed by atoms with Crippen molar-refractivity contribution in [2.24, 2.45) is 34.5 Å². The quantitative estimate of drug-likeness (QED) is 0.671. The third-order valence-electron chi connectivity index (χ3n) is 8.76. The van der Waals surface area contributed by atoms with E-state index in [2.05, 4.69) is 32.6 Å². The lowest BCUT2D eigenvalue weighted by molar-refractivity contribution is -0.121. The van der Waals surface area contributed by atoms with Gasteiger partial charge in [-0.1, -0.05) is 32.3 Å². The van der Waals surface area contributed by atoms with Crippen LogP contribution in [0.25, 0.3) is 0 Å². The highest BCUT2D eigenvalue weighted by Crippen LogP contribution is 2.68. The molecule has 0 amide bonds. The topological polar surface area (TPSA) is 68.8 Å². The molecule has 0 radical (unpaired) electrons. The molecule has 4 aliphatic rings. The predicted octanol–water partition coefficient (Wildman–Crippen LogP) is 3.69. The van der Waals surface area contributed by atoms with Crippen LogP contribution >= 0.6 is 0 Å². The van der Waals surface area contributed by atoms with Gasteiger partial charge in [0, 0.05) is 11.8 Å². The van der Waals surface area contributed by atoms with Crippen LogP contribution in [0.3, 0.4) is 0 Å². The fraction of sp³-hybridized carbons (Fsp3) is 0.783. The molecule has 0 saturated heterocycles. The molecule has 144 valence electrons. The molecule has 0 unspecified atom stereocenters. The molecule has 26 heavy (non-hydrogen) atoms. The van der Waals surface area contributed by atoms with Gasteiger partial charge in [0.2, 0.25) is 0 Å². The molecular formula is C23H34O3. The summed E-state index contributed by atoms with van der Waals surface area (Å²) in [6, 6.07) is 0. The Labute approximate surface area is 157 Å². The van der Waals surface area contributed by atoms with Gasteiger partial charge in [-0.25, -0.2) is 0 Å². The molecule has 3 nitrogen and oxygen atoms in total. The third-order valence-corrected chi connectivity index (χ3v) is 8.76. The number of fused-ring (bicyclic) bond motifs is 5. The summed E-state index contributed by atoms with van der Waals surface area (Å²) in [5.41, 5.74) is 0.739. The van der Waals surface area contributed by atoms with Crippen LogP contribution < -0.4 is 0 Å². The SMILES string of the molecule is CC#C[C@]1(O)CC[C@H]2[C@@H]3C[C@H](C)C4=CC(=O)CC[C@]4(C)[C@H]3CC[C@@]21C.O. The maximum atomic E-state index is 12.0. The summed E-state index contributed by atoms with van der Waals surface area (Å²) in [5, 5.41) is 11.3. The van der Waals surface area contributed by atoms with E-state index in [4.69, 9.17) is 0 Å². The van der Waals surface area contributed by atoms with Crippen LogP contribution in [0.2, 0.25) is 0 Å². The second kappa shape index (κ2) is 6.21. The van der Waals surface area contributed by atoms with Gasteiger partial charge in [-0.2, -0.15) is 0 Å². The van der Waals surface area contributed by atoms with Crippen molar-refractivity contribution >= 4 is 5.78 Å². The normalized spacial score (nSPS) is 49.6. The standard InChI is InChI=1S/C23H32O2.H2O/c1-5-9-23(25)12-8-19-17-13-15(2)20-14-16(24)6-10-21(20,3)18(17)7-11-22(19,23)4;/h14-15,17-19,25H,6-8,10-13H2,1-4H3;1H2/t15-,17+,18-,19-,21+,22-,23-;/m0./s1. The Balaban J connectivity index is 0.00000196. The van der Waals surface area contributed by atoms with Gasteiger partial charge in [-0.15, -0.1) is 5.92 Å². The smallest absolute Gasteiger partial charge is 0.155 e. The highest BCUT2D eigenvalue weighted by atomic mass is 16.3. The molecule has 3 saturated carbocycles. The van der Waals surface area contributed by atoms with E-state index in [1.807, 2.05) is 13.0 Å². The van der Waals surface area contributed by atoms with Crippen LogP contribution in [0.5, 0.6) is 0 Å². The first-order valence-electron chi connectivity index (χ1n) is 10.2. The predicted molar refractivity (Wildman–Crippen MR) is 103 cm³/mol. The lowest BCUT2D eigenvalue weighted by atomic mass is 9.45. The van der Waals surface area contributed by atoms with Crippen molar-refractivity contribution in [3.05, 3.63) is 11.6 Å². The Bertz CT molecular complexity index is 698. The molecule has 0 aromatic heterocycles. The van der Waals surface area contributed by atoms with Gasteiger partial charge in [-0.3, -0.25) is 4.79 Å². The molecule has 0 spiro atoms. The Morgan fingerprint density at radius 2 is 1.85 bits per heavy atom. The highest BCUT2D eigenvalue weighted by molar-refractivity contribution is 5.91. The van der Waals surface area contributed by atoms with Gasteiger partial charge in [0.15, 0.2) is 5.78 Å². The first kappa shape index (κ1) is 19.6. The Morgan fingerprint density at radius 1 is 1.15 bits per heavy atom. The number of rotatable bonds is 0. The molecule has 3 heteroatoms. The summed E-state index contributed by atoms with van der Waals surface area (Å²) in [6.07, 6.45) is 9.05. The summed E-state index contributed by atoms with van der Waals surface area (Å²) < 4.78 is 0. The minimum Gasteiger partial charge on any atom is -0.412 e. The molecule has 0 aromatic carbocycles. The van der Waals surface area contributed by atoms with E-state index in [1.165, 1.54) is 18.4 Å². The monoisotopic (exact) mass is 358 g/mol. The van der Waals surface area contributed by atoms with Gasteiger partial charge in [-0.05, 0) is 80.6 Å². The average Bonchev–Trinajstić information content (AvgIpc) is 2.82. The van der Waals surface area contributed by atoms with Crippen molar-refractivity contribution in [1.82, 2.24) is 0 Å². The maximum Gasteiger partial charge on any atom is 0.155 e. The fourth-order valence-electron chi connectivity index (χ4n) is 7.41. The fourth-order valence-corrected chi connectivity index (χ4v) is 7.41. The minimum atomic E-state index is -0.805. The van der Waals surface area contributed by atoms with Gasteiger partial charge >= 0.3 is 0 Å². The zero-order chi connectivity index (χ0) is 18.0. The zero-order valence-electron chi connectivity index (χ0n) is 16.7. The van der Waals surface area contributed by atoms with E-state index >= 15 is 0 Å². The number of hydrogen-bond acceptors (Lipinski definition) is 2. The van der Waals surface area contributed by atoms with E-state index in [0.717, 1.165) is 25.7 Å². The number of hydrogen-bond donors (Lipinski definition) is 1. The molecule has 0 heterocycles. The Hall–Kier alpha value is -1.11. The first-order chi connectivity index (χ1) is 11.7. The van der Waals surface area contributed by atoms with Gasteiger partial charge in [0.25, 0.3) is 0 Å².